The summed E-state index contributed by atoms with van der Waals surface area (Å²) >= 11 is 0. The van der Waals surface area contributed by atoms with Gasteiger partial charge in [-0.3, -0.25) is 4.99 Å². The van der Waals surface area contributed by atoms with Crippen LogP contribution >= 0.6 is 24.0 Å². The molecule has 3 nitrogen and oxygen atoms in total. The first kappa shape index (κ1) is 19.3. The van der Waals surface area contributed by atoms with Gasteiger partial charge in [0.25, 0.3) is 0 Å². The van der Waals surface area contributed by atoms with Crippen molar-refractivity contribution in [1.29, 1.82) is 0 Å². The second-order valence-electron chi connectivity index (χ2n) is 4.67. The van der Waals surface area contributed by atoms with E-state index in [2.05, 4.69) is 36.4 Å². The number of unbranched alkanes of at least 4 members (excludes halogenated alkanes) is 3. The highest BCUT2D eigenvalue weighted by Gasteiger charge is 1.97. The van der Waals surface area contributed by atoms with E-state index in [4.69, 9.17) is 0 Å². The summed E-state index contributed by atoms with van der Waals surface area (Å²) in [6.07, 6.45) is 6.37. The Morgan fingerprint density at radius 2 is 1.71 bits per heavy atom. The molecule has 0 saturated heterocycles. The van der Waals surface area contributed by atoms with Crippen molar-refractivity contribution in [3.63, 3.8) is 0 Å². The number of nitrogens with zero attached hydrogens (tertiary/aromatic N) is 1. The minimum atomic E-state index is 0. The second kappa shape index (κ2) is 14.1. The number of hydrogen-bond donors (Lipinski definition) is 2. The van der Waals surface area contributed by atoms with Crippen LogP contribution in [0.25, 0.3) is 0 Å². The third-order valence-electron chi connectivity index (χ3n) is 2.56. The lowest BCUT2D eigenvalue weighted by atomic mass is 10.1. The maximum Gasteiger partial charge on any atom is 0.190 e. The van der Waals surface area contributed by atoms with Crippen molar-refractivity contribution in [3.05, 3.63) is 0 Å². The monoisotopic (exact) mass is 355 g/mol. The van der Waals surface area contributed by atoms with Gasteiger partial charge in [-0.2, -0.15) is 0 Å². The van der Waals surface area contributed by atoms with E-state index in [1.807, 2.05) is 7.05 Å². The van der Waals surface area contributed by atoms with Crippen molar-refractivity contribution < 1.29 is 0 Å². The molecule has 0 spiro atoms. The molecular formula is C13H30IN3. The van der Waals surface area contributed by atoms with E-state index in [-0.39, 0.29) is 24.0 Å². The Hall–Kier alpha value is 0. The van der Waals surface area contributed by atoms with Gasteiger partial charge in [0.1, 0.15) is 0 Å². The molecule has 0 fully saturated rings. The lowest BCUT2D eigenvalue weighted by Crippen LogP contribution is -2.38. The molecule has 0 amide bonds. The van der Waals surface area contributed by atoms with E-state index in [1.165, 1.54) is 32.1 Å². The van der Waals surface area contributed by atoms with Crippen LogP contribution in [0, 0.1) is 5.92 Å². The Balaban J connectivity index is 0. The summed E-state index contributed by atoms with van der Waals surface area (Å²) in [5.74, 6) is 1.69. The topological polar surface area (TPSA) is 36.4 Å². The summed E-state index contributed by atoms with van der Waals surface area (Å²) in [6.45, 7) is 8.75. The second-order valence-corrected chi connectivity index (χ2v) is 4.67. The highest BCUT2D eigenvalue weighted by molar-refractivity contribution is 14.0. The Bertz CT molecular complexity index is 182. The summed E-state index contributed by atoms with van der Waals surface area (Å²) in [7, 11) is 1.83. The Kier molecular flexibility index (Phi) is 16.0. The fourth-order valence-corrected chi connectivity index (χ4v) is 1.46. The molecule has 0 aliphatic carbocycles. The van der Waals surface area contributed by atoms with Gasteiger partial charge in [-0.1, -0.05) is 40.0 Å². The van der Waals surface area contributed by atoms with Crippen LogP contribution in [0.4, 0.5) is 0 Å². The number of halogens is 1. The predicted octanol–water partition coefficient (Wildman–Crippen LogP) is 3.40. The minimum Gasteiger partial charge on any atom is -0.356 e. The Morgan fingerprint density at radius 3 is 2.24 bits per heavy atom. The van der Waals surface area contributed by atoms with E-state index in [9.17, 15) is 0 Å². The molecule has 0 aliphatic rings. The average Bonchev–Trinajstić information content (AvgIpc) is 2.26. The number of rotatable bonds is 8. The molecule has 0 unspecified atom stereocenters. The summed E-state index contributed by atoms with van der Waals surface area (Å²) in [5, 5.41) is 6.67. The summed E-state index contributed by atoms with van der Waals surface area (Å²) in [6, 6.07) is 0. The van der Waals surface area contributed by atoms with Crippen LogP contribution in [0.3, 0.4) is 0 Å². The van der Waals surface area contributed by atoms with Gasteiger partial charge in [0, 0.05) is 20.1 Å². The minimum absolute atomic E-state index is 0. The SMILES string of the molecule is CCCCCCNC(=NC)NCCC(C)C.I. The van der Waals surface area contributed by atoms with Crippen molar-refractivity contribution in [3.8, 4) is 0 Å². The van der Waals surface area contributed by atoms with E-state index in [1.54, 1.807) is 0 Å². The highest BCUT2D eigenvalue weighted by atomic mass is 127. The number of nitrogens with one attached hydrogen (secondary N) is 2. The molecule has 0 aromatic rings. The zero-order valence-corrected chi connectivity index (χ0v) is 14.2. The van der Waals surface area contributed by atoms with Crippen molar-refractivity contribution in [2.75, 3.05) is 20.1 Å². The van der Waals surface area contributed by atoms with Crippen LogP contribution in [0.2, 0.25) is 0 Å². The van der Waals surface area contributed by atoms with Gasteiger partial charge < -0.3 is 10.6 Å². The normalized spacial score (nSPS) is 11.2. The molecule has 0 atom stereocenters. The summed E-state index contributed by atoms with van der Waals surface area (Å²) in [5.41, 5.74) is 0. The first-order chi connectivity index (χ1) is 7.70. The van der Waals surface area contributed by atoms with E-state index in [0.29, 0.717) is 0 Å². The van der Waals surface area contributed by atoms with Crippen LogP contribution in [-0.2, 0) is 0 Å². The smallest absolute Gasteiger partial charge is 0.190 e. The summed E-state index contributed by atoms with van der Waals surface area (Å²) in [4.78, 5) is 4.20. The number of guanidine groups is 1. The van der Waals surface area contributed by atoms with Crippen LogP contribution in [-0.4, -0.2) is 26.1 Å². The fraction of sp³-hybridized carbons (Fsp3) is 0.923. The van der Waals surface area contributed by atoms with Gasteiger partial charge >= 0.3 is 0 Å². The van der Waals surface area contributed by atoms with E-state index in [0.717, 1.165) is 25.0 Å². The Labute approximate surface area is 124 Å². The van der Waals surface area contributed by atoms with Crippen molar-refractivity contribution in [1.82, 2.24) is 10.6 Å². The first-order valence-electron chi connectivity index (χ1n) is 6.65. The molecule has 0 saturated carbocycles. The standard InChI is InChI=1S/C13H29N3.HI/c1-5-6-7-8-10-15-13(14-4)16-11-9-12(2)3;/h12H,5-11H2,1-4H3,(H2,14,15,16);1H. The molecule has 4 heteroatoms. The van der Waals surface area contributed by atoms with Gasteiger partial charge in [-0.25, -0.2) is 0 Å². The van der Waals surface area contributed by atoms with Crippen LogP contribution in [0.5, 0.6) is 0 Å². The zero-order chi connectivity index (χ0) is 12.2. The average molecular weight is 355 g/mol. The molecule has 0 aliphatic heterocycles. The predicted molar refractivity (Wildman–Crippen MR) is 88.4 cm³/mol. The van der Waals surface area contributed by atoms with Crippen LogP contribution < -0.4 is 10.6 Å². The quantitative estimate of drug-likeness (QED) is 0.303. The first-order valence-corrected chi connectivity index (χ1v) is 6.65. The summed E-state index contributed by atoms with van der Waals surface area (Å²) < 4.78 is 0. The van der Waals surface area contributed by atoms with Crippen molar-refractivity contribution in [2.45, 2.75) is 52.9 Å². The van der Waals surface area contributed by atoms with Gasteiger partial charge in [-0.05, 0) is 18.8 Å². The molecule has 104 valence electrons. The maximum atomic E-state index is 4.20. The van der Waals surface area contributed by atoms with E-state index < -0.39 is 0 Å². The molecule has 0 bridgehead atoms. The van der Waals surface area contributed by atoms with Gasteiger partial charge in [-0.15, -0.1) is 24.0 Å². The zero-order valence-electron chi connectivity index (χ0n) is 11.9. The van der Waals surface area contributed by atoms with Gasteiger partial charge in [0.15, 0.2) is 5.96 Å². The van der Waals surface area contributed by atoms with Crippen molar-refractivity contribution >= 4 is 29.9 Å². The highest BCUT2D eigenvalue weighted by Crippen LogP contribution is 1.97. The number of aliphatic imine (C=N–C) groups is 1. The van der Waals surface area contributed by atoms with E-state index >= 15 is 0 Å². The maximum absolute atomic E-state index is 4.20. The molecule has 0 heterocycles. The van der Waals surface area contributed by atoms with Gasteiger partial charge in [0.2, 0.25) is 0 Å². The van der Waals surface area contributed by atoms with Crippen LogP contribution in [0.1, 0.15) is 52.9 Å². The Morgan fingerprint density at radius 1 is 1.06 bits per heavy atom. The molecule has 2 N–H and O–H groups in total. The molecule has 0 aromatic heterocycles. The van der Waals surface area contributed by atoms with Crippen LogP contribution in [0.15, 0.2) is 4.99 Å². The molecule has 0 rings (SSSR count). The number of hydrogen-bond acceptors (Lipinski definition) is 1. The molecule has 0 aromatic carbocycles. The lowest BCUT2D eigenvalue weighted by Gasteiger charge is -2.12. The van der Waals surface area contributed by atoms with Gasteiger partial charge in [0.05, 0.1) is 0 Å². The largest absolute Gasteiger partial charge is 0.356 e. The molecule has 17 heavy (non-hydrogen) atoms. The molecule has 0 radical (unpaired) electrons. The fourth-order valence-electron chi connectivity index (χ4n) is 1.46. The van der Waals surface area contributed by atoms with Crippen molar-refractivity contribution in [2.24, 2.45) is 10.9 Å². The third-order valence-corrected chi connectivity index (χ3v) is 2.56. The molecular weight excluding hydrogens is 325 g/mol. The third kappa shape index (κ3) is 13.9. The lowest BCUT2D eigenvalue weighted by molar-refractivity contribution is 0.571.